The van der Waals surface area contributed by atoms with Crippen LogP contribution in [0, 0.1) is 6.92 Å². The van der Waals surface area contributed by atoms with Crippen molar-refractivity contribution in [2.24, 2.45) is 0 Å². The number of benzene rings is 2. The van der Waals surface area contributed by atoms with Crippen LogP contribution < -0.4 is 19.5 Å². The highest BCUT2D eigenvalue weighted by Crippen LogP contribution is 2.40. The molecular weight excluding hydrogens is 372 g/mol. The zero-order chi connectivity index (χ0) is 20.8. The van der Waals surface area contributed by atoms with E-state index < -0.39 is 0 Å². The van der Waals surface area contributed by atoms with Crippen LogP contribution in [0.5, 0.6) is 17.2 Å². The number of nitrogens with one attached hydrogen (secondary N) is 1. The Kier molecular flexibility index (Phi) is 6.59. The van der Waals surface area contributed by atoms with E-state index in [2.05, 4.69) is 5.32 Å². The van der Waals surface area contributed by atoms with Gasteiger partial charge in [-0.05, 0) is 37.1 Å². The SMILES string of the molecule is CCCN(CC(=O)Nc1ccccc1C)C(=O)c1cc(OC)c2c(c1)OCCO2. The van der Waals surface area contributed by atoms with Crippen LogP contribution in [0.1, 0.15) is 29.3 Å². The molecule has 1 aliphatic rings. The molecule has 0 saturated heterocycles. The molecule has 154 valence electrons. The van der Waals surface area contributed by atoms with Crippen LogP contribution >= 0.6 is 0 Å². The van der Waals surface area contributed by atoms with E-state index in [0.717, 1.165) is 17.7 Å². The molecule has 1 N–H and O–H groups in total. The molecule has 29 heavy (non-hydrogen) atoms. The smallest absolute Gasteiger partial charge is 0.254 e. The van der Waals surface area contributed by atoms with Gasteiger partial charge in [0.15, 0.2) is 11.5 Å². The topological polar surface area (TPSA) is 77.1 Å². The molecule has 0 aliphatic carbocycles. The zero-order valence-corrected chi connectivity index (χ0v) is 17.0. The molecule has 0 unspecified atom stereocenters. The van der Waals surface area contributed by atoms with Gasteiger partial charge in [-0.15, -0.1) is 0 Å². The van der Waals surface area contributed by atoms with Crippen molar-refractivity contribution in [3.63, 3.8) is 0 Å². The number of aryl methyl sites for hydroxylation is 1. The third-order valence-corrected chi connectivity index (χ3v) is 4.61. The van der Waals surface area contributed by atoms with E-state index in [1.165, 1.54) is 12.0 Å². The van der Waals surface area contributed by atoms with Gasteiger partial charge in [0, 0.05) is 17.8 Å². The lowest BCUT2D eigenvalue weighted by Crippen LogP contribution is -2.38. The molecule has 3 rings (SSSR count). The fourth-order valence-electron chi connectivity index (χ4n) is 3.18. The number of carbonyl (C=O) groups is 2. The largest absolute Gasteiger partial charge is 0.493 e. The van der Waals surface area contributed by atoms with Gasteiger partial charge in [-0.3, -0.25) is 9.59 Å². The minimum atomic E-state index is -0.262. The molecule has 0 bridgehead atoms. The van der Waals surface area contributed by atoms with Crippen molar-refractivity contribution in [2.45, 2.75) is 20.3 Å². The molecule has 0 spiro atoms. The van der Waals surface area contributed by atoms with E-state index in [0.29, 0.717) is 42.6 Å². The first-order valence-electron chi connectivity index (χ1n) is 9.65. The standard InChI is InChI=1S/C22H26N2O5/c1-4-9-24(14-20(25)23-17-8-6-5-7-15(17)2)22(26)16-12-18(27-3)21-19(13-16)28-10-11-29-21/h5-8,12-13H,4,9-11,14H2,1-3H3,(H,23,25). The summed E-state index contributed by atoms with van der Waals surface area (Å²) in [7, 11) is 1.52. The van der Waals surface area contributed by atoms with E-state index >= 15 is 0 Å². The summed E-state index contributed by atoms with van der Waals surface area (Å²) in [6, 6.07) is 10.8. The van der Waals surface area contributed by atoms with Crippen LogP contribution in [0.25, 0.3) is 0 Å². The van der Waals surface area contributed by atoms with Crippen LogP contribution in [0.4, 0.5) is 5.69 Å². The number of nitrogens with zero attached hydrogens (tertiary/aromatic N) is 1. The van der Waals surface area contributed by atoms with Crippen LogP contribution in [-0.2, 0) is 4.79 Å². The van der Waals surface area contributed by atoms with Crippen LogP contribution in [0.15, 0.2) is 36.4 Å². The van der Waals surface area contributed by atoms with Crippen LogP contribution in [0.2, 0.25) is 0 Å². The van der Waals surface area contributed by atoms with Gasteiger partial charge in [-0.2, -0.15) is 0 Å². The molecule has 2 aromatic carbocycles. The second-order valence-electron chi connectivity index (χ2n) is 6.79. The summed E-state index contributed by atoms with van der Waals surface area (Å²) < 4.78 is 16.6. The van der Waals surface area contributed by atoms with E-state index in [9.17, 15) is 9.59 Å². The Bertz CT molecular complexity index is 880. The van der Waals surface area contributed by atoms with E-state index in [-0.39, 0.29) is 18.4 Å². The quantitative estimate of drug-likeness (QED) is 0.775. The van der Waals surface area contributed by atoms with E-state index in [4.69, 9.17) is 14.2 Å². The Balaban J connectivity index is 1.79. The highest BCUT2D eigenvalue weighted by atomic mass is 16.6. The van der Waals surface area contributed by atoms with Gasteiger partial charge in [-0.1, -0.05) is 25.1 Å². The predicted molar refractivity (Wildman–Crippen MR) is 110 cm³/mol. The molecule has 1 heterocycles. The van der Waals surface area contributed by atoms with Crippen molar-refractivity contribution in [3.05, 3.63) is 47.5 Å². The number of hydrogen-bond acceptors (Lipinski definition) is 5. The Hall–Kier alpha value is -3.22. The van der Waals surface area contributed by atoms with Gasteiger partial charge >= 0.3 is 0 Å². The molecule has 0 radical (unpaired) electrons. The number of rotatable bonds is 7. The third kappa shape index (κ3) is 4.80. The van der Waals surface area contributed by atoms with E-state index in [1.807, 2.05) is 38.1 Å². The molecule has 2 aromatic rings. The second kappa shape index (κ2) is 9.32. The molecule has 0 saturated carbocycles. The first-order chi connectivity index (χ1) is 14.0. The van der Waals surface area contributed by atoms with Gasteiger partial charge < -0.3 is 24.4 Å². The summed E-state index contributed by atoms with van der Waals surface area (Å²) in [5.41, 5.74) is 2.09. The minimum Gasteiger partial charge on any atom is -0.493 e. The Morgan fingerprint density at radius 2 is 1.93 bits per heavy atom. The third-order valence-electron chi connectivity index (χ3n) is 4.61. The fraction of sp³-hybridized carbons (Fsp3) is 0.364. The lowest BCUT2D eigenvalue weighted by molar-refractivity contribution is -0.116. The monoisotopic (exact) mass is 398 g/mol. The number of methoxy groups -OCH3 is 1. The number of ether oxygens (including phenoxy) is 3. The highest BCUT2D eigenvalue weighted by molar-refractivity contribution is 6.00. The summed E-state index contributed by atoms with van der Waals surface area (Å²) in [5.74, 6) is 0.897. The van der Waals surface area contributed by atoms with Crippen molar-refractivity contribution in [2.75, 3.05) is 38.7 Å². The van der Waals surface area contributed by atoms with Gasteiger partial charge in [0.25, 0.3) is 5.91 Å². The number of anilines is 1. The van der Waals surface area contributed by atoms with Gasteiger partial charge in [0.1, 0.15) is 19.8 Å². The Morgan fingerprint density at radius 3 is 2.66 bits per heavy atom. The molecule has 7 heteroatoms. The molecule has 7 nitrogen and oxygen atoms in total. The number of para-hydroxylation sites is 1. The molecule has 1 aliphatic heterocycles. The maximum absolute atomic E-state index is 13.1. The first-order valence-corrected chi connectivity index (χ1v) is 9.65. The number of fused-ring (bicyclic) bond motifs is 1. The van der Waals surface area contributed by atoms with Crippen molar-refractivity contribution in [1.29, 1.82) is 0 Å². The summed E-state index contributed by atoms with van der Waals surface area (Å²) in [5, 5.41) is 2.88. The van der Waals surface area contributed by atoms with E-state index in [1.54, 1.807) is 12.1 Å². The molecular formula is C22H26N2O5. The van der Waals surface area contributed by atoms with Crippen molar-refractivity contribution >= 4 is 17.5 Å². The van der Waals surface area contributed by atoms with Crippen molar-refractivity contribution in [1.82, 2.24) is 4.90 Å². The van der Waals surface area contributed by atoms with Crippen molar-refractivity contribution < 1.29 is 23.8 Å². The Morgan fingerprint density at radius 1 is 1.17 bits per heavy atom. The average Bonchev–Trinajstić information content (AvgIpc) is 2.73. The molecule has 0 aromatic heterocycles. The lowest BCUT2D eigenvalue weighted by atomic mass is 10.1. The normalized spacial score (nSPS) is 12.2. The van der Waals surface area contributed by atoms with Crippen LogP contribution in [-0.4, -0.2) is 50.1 Å². The summed E-state index contributed by atoms with van der Waals surface area (Å²) in [4.78, 5) is 27.2. The van der Waals surface area contributed by atoms with Crippen molar-refractivity contribution in [3.8, 4) is 17.2 Å². The molecule has 0 atom stereocenters. The average molecular weight is 398 g/mol. The summed E-state index contributed by atoms with van der Waals surface area (Å²) in [6.45, 7) is 5.13. The maximum Gasteiger partial charge on any atom is 0.254 e. The van der Waals surface area contributed by atoms with Gasteiger partial charge in [0.05, 0.1) is 7.11 Å². The highest BCUT2D eigenvalue weighted by Gasteiger charge is 2.24. The molecule has 0 fully saturated rings. The van der Waals surface area contributed by atoms with Gasteiger partial charge in [0.2, 0.25) is 11.7 Å². The lowest BCUT2D eigenvalue weighted by Gasteiger charge is -2.24. The fourth-order valence-corrected chi connectivity index (χ4v) is 3.18. The number of carbonyl (C=O) groups excluding carboxylic acids is 2. The first kappa shape index (κ1) is 20.5. The van der Waals surface area contributed by atoms with Crippen LogP contribution in [0.3, 0.4) is 0 Å². The van der Waals surface area contributed by atoms with Gasteiger partial charge in [-0.25, -0.2) is 0 Å². The zero-order valence-electron chi connectivity index (χ0n) is 17.0. The maximum atomic E-state index is 13.1. The minimum absolute atomic E-state index is 0.0439. The molecule has 2 amide bonds. The predicted octanol–water partition coefficient (Wildman–Crippen LogP) is 3.27. The number of amides is 2. The summed E-state index contributed by atoms with van der Waals surface area (Å²) in [6.07, 6.45) is 0.727. The second-order valence-corrected chi connectivity index (χ2v) is 6.79. The summed E-state index contributed by atoms with van der Waals surface area (Å²) >= 11 is 0. The Labute approximate surface area is 170 Å². The number of hydrogen-bond donors (Lipinski definition) is 1.